The molecule has 116 valence electrons. The summed E-state index contributed by atoms with van der Waals surface area (Å²) in [6.07, 6.45) is 3.57. The summed E-state index contributed by atoms with van der Waals surface area (Å²) in [5, 5.41) is 1.56. The number of carbonyl (C=O) groups is 1. The van der Waals surface area contributed by atoms with E-state index in [1.54, 1.807) is 18.1 Å². The Bertz CT molecular complexity index is 865. The molecule has 4 rings (SSSR count). The number of nitrogens with zero attached hydrogens (tertiary/aromatic N) is 2. The van der Waals surface area contributed by atoms with Gasteiger partial charge in [0.05, 0.1) is 23.5 Å². The molecule has 0 aliphatic carbocycles. The highest BCUT2D eigenvalue weighted by atomic mass is 35.5. The van der Waals surface area contributed by atoms with Gasteiger partial charge in [-0.3, -0.25) is 9.78 Å². The largest absolute Gasteiger partial charge is 0.352 e. The lowest BCUT2D eigenvalue weighted by Crippen LogP contribution is -2.22. The van der Waals surface area contributed by atoms with Gasteiger partial charge in [0.1, 0.15) is 0 Å². The quantitative estimate of drug-likeness (QED) is 0.572. The lowest BCUT2D eigenvalue weighted by atomic mass is 10.0. The molecule has 1 fully saturated rings. The summed E-state index contributed by atoms with van der Waals surface area (Å²) in [7, 11) is 0. The number of fused-ring (bicyclic) bond motifs is 1. The molecule has 0 radical (unpaired) electrons. The zero-order valence-electron chi connectivity index (χ0n) is 12.2. The first kappa shape index (κ1) is 14.6. The molecule has 0 bridgehead atoms. The number of aromatic nitrogens is 2. The second-order valence-electron chi connectivity index (χ2n) is 5.51. The molecule has 1 aliphatic rings. The van der Waals surface area contributed by atoms with Gasteiger partial charge in [0.25, 0.3) is 0 Å². The van der Waals surface area contributed by atoms with Crippen LogP contribution in [0.3, 0.4) is 0 Å². The summed E-state index contributed by atoms with van der Waals surface area (Å²) < 4.78 is 2.13. The molecule has 0 saturated carbocycles. The average Bonchev–Trinajstić information content (AvgIpc) is 3.23. The van der Waals surface area contributed by atoms with Crippen LogP contribution in [-0.2, 0) is 0 Å². The summed E-state index contributed by atoms with van der Waals surface area (Å²) in [6, 6.07) is 11.4. The fourth-order valence-electron chi connectivity index (χ4n) is 2.80. The van der Waals surface area contributed by atoms with Gasteiger partial charge in [-0.1, -0.05) is 17.7 Å². The van der Waals surface area contributed by atoms with Crippen molar-refractivity contribution in [2.45, 2.75) is 0 Å². The van der Waals surface area contributed by atoms with E-state index < -0.39 is 0 Å². The van der Waals surface area contributed by atoms with E-state index in [0.717, 1.165) is 22.3 Å². The Morgan fingerprint density at radius 2 is 2.26 bits per heavy atom. The number of halogens is 1. The van der Waals surface area contributed by atoms with Crippen LogP contribution < -0.4 is 4.31 Å². The summed E-state index contributed by atoms with van der Waals surface area (Å²) in [6.45, 7) is 0.693. The highest BCUT2D eigenvalue weighted by Gasteiger charge is 2.31. The fraction of sp³-hybridized carbons (Fsp3) is 0.176. The third-order valence-corrected chi connectivity index (χ3v) is 5.55. The maximum absolute atomic E-state index is 12.8. The molecular weight excluding hydrogens is 330 g/mol. The van der Waals surface area contributed by atoms with Gasteiger partial charge >= 0.3 is 0 Å². The van der Waals surface area contributed by atoms with Crippen LogP contribution in [0.1, 0.15) is 10.5 Å². The first-order chi connectivity index (χ1) is 11.2. The Morgan fingerprint density at radius 3 is 3.04 bits per heavy atom. The number of nitrogens with one attached hydrogen (secondary N) is 1. The summed E-state index contributed by atoms with van der Waals surface area (Å²) in [5.41, 5.74) is 2.56. The van der Waals surface area contributed by atoms with Crippen LogP contribution in [0.5, 0.6) is 0 Å². The lowest BCUT2D eigenvalue weighted by Gasteiger charge is -2.15. The van der Waals surface area contributed by atoms with E-state index in [1.807, 2.05) is 42.6 Å². The minimum absolute atomic E-state index is 0.0351. The van der Waals surface area contributed by atoms with Crippen LogP contribution in [-0.4, -0.2) is 28.0 Å². The highest BCUT2D eigenvalue weighted by Crippen LogP contribution is 2.33. The SMILES string of the molecule is O=C(c1cc2c(Cl)cccc2[nH]1)C1CSN(c2cccnc2)C1. The Hall–Kier alpha value is -1.98. The maximum Gasteiger partial charge on any atom is 0.184 e. The summed E-state index contributed by atoms with van der Waals surface area (Å²) in [5.74, 6) is 0.875. The van der Waals surface area contributed by atoms with Gasteiger partial charge in [0, 0.05) is 34.4 Å². The molecule has 0 spiro atoms. The van der Waals surface area contributed by atoms with Crippen molar-refractivity contribution in [1.29, 1.82) is 0 Å². The Morgan fingerprint density at radius 1 is 1.35 bits per heavy atom. The van der Waals surface area contributed by atoms with Crippen molar-refractivity contribution in [3.05, 3.63) is 59.5 Å². The van der Waals surface area contributed by atoms with Crippen molar-refractivity contribution in [3.8, 4) is 0 Å². The molecule has 1 aliphatic heterocycles. The van der Waals surface area contributed by atoms with Crippen LogP contribution in [0.15, 0.2) is 48.8 Å². The van der Waals surface area contributed by atoms with Crippen LogP contribution >= 0.6 is 23.5 Å². The van der Waals surface area contributed by atoms with Gasteiger partial charge in [0.2, 0.25) is 0 Å². The molecule has 1 atom stereocenters. The third kappa shape index (κ3) is 2.71. The third-order valence-electron chi connectivity index (χ3n) is 4.00. The number of anilines is 1. The predicted molar refractivity (Wildman–Crippen MR) is 95.2 cm³/mol. The zero-order valence-corrected chi connectivity index (χ0v) is 13.8. The number of rotatable bonds is 3. The molecular formula is C17H14ClN3OS. The van der Waals surface area contributed by atoms with Gasteiger partial charge < -0.3 is 9.29 Å². The van der Waals surface area contributed by atoms with Gasteiger partial charge in [-0.05, 0) is 42.3 Å². The molecule has 0 amide bonds. The van der Waals surface area contributed by atoms with E-state index in [0.29, 0.717) is 17.3 Å². The lowest BCUT2D eigenvalue weighted by molar-refractivity contribution is 0.0936. The molecule has 1 N–H and O–H groups in total. The van der Waals surface area contributed by atoms with E-state index >= 15 is 0 Å². The monoisotopic (exact) mass is 343 g/mol. The van der Waals surface area contributed by atoms with E-state index in [-0.39, 0.29) is 11.7 Å². The van der Waals surface area contributed by atoms with Crippen molar-refractivity contribution in [2.24, 2.45) is 5.92 Å². The van der Waals surface area contributed by atoms with Crippen LogP contribution in [0.4, 0.5) is 5.69 Å². The fourth-order valence-corrected chi connectivity index (χ4v) is 4.18. The van der Waals surface area contributed by atoms with Gasteiger partial charge in [-0.2, -0.15) is 0 Å². The van der Waals surface area contributed by atoms with Crippen LogP contribution in [0.25, 0.3) is 10.9 Å². The zero-order chi connectivity index (χ0) is 15.8. The first-order valence-corrected chi connectivity index (χ1v) is 8.66. The van der Waals surface area contributed by atoms with Crippen molar-refractivity contribution in [1.82, 2.24) is 9.97 Å². The van der Waals surface area contributed by atoms with Gasteiger partial charge in [-0.15, -0.1) is 0 Å². The Kier molecular flexibility index (Phi) is 3.75. The number of aromatic amines is 1. The smallest absolute Gasteiger partial charge is 0.184 e. The number of hydrogen-bond donors (Lipinski definition) is 1. The number of Topliss-reactive ketones (excluding diaryl/α,β-unsaturated/α-hetero) is 1. The average molecular weight is 344 g/mol. The van der Waals surface area contributed by atoms with E-state index in [1.165, 1.54) is 0 Å². The molecule has 4 nitrogen and oxygen atoms in total. The number of benzene rings is 1. The van der Waals surface area contributed by atoms with Crippen molar-refractivity contribution < 1.29 is 4.79 Å². The normalized spacial score (nSPS) is 17.8. The molecule has 2 aromatic heterocycles. The highest BCUT2D eigenvalue weighted by molar-refractivity contribution is 8.00. The topological polar surface area (TPSA) is 49.0 Å². The molecule has 3 heterocycles. The van der Waals surface area contributed by atoms with E-state index in [9.17, 15) is 4.79 Å². The Labute approximate surface area is 143 Å². The molecule has 6 heteroatoms. The first-order valence-electron chi connectivity index (χ1n) is 7.34. The Balaban J connectivity index is 1.56. The summed E-state index contributed by atoms with van der Waals surface area (Å²) >= 11 is 7.86. The number of carbonyl (C=O) groups excluding carboxylic acids is 1. The second kappa shape index (κ2) is 5.91. The van der Waals surface area contributed by atoms with Crippen LogP contribution in [0.2, 0.25) is 5.02 Å². The van der Waals surface area contributed by atoms with Crippen molar-refractivity contribution >= 4 is 45.9 Å². The van der Waals surface area contributed by atoms with Crippen LogP contribution in [0, 0.1) is 5.92 Å². The second-order valence-corrected chi connectivity index (χ2v) is 6.95. The standard InChI is InChI=1S/C17H14ClN3OS/c18-14-4-1-5-15-13(14)7-16(20-15)17(22)11-9-21(23-10-11)12-3-2-6-19-8-12/h1-8,11,20H,9-10H2. The van der Waals surface area contributed by atoms with E-state index in [4.69, 9.17) is 11.6 Å². The molecule has 1 saturated heterocycles. The van der Waals surface area contributed by atoms with Crippen molar-refractivity contribution in [2.75, 3.05) is 16.6 Å². The molecule has 3 aromatic rings. The number of hydrogen-bond acceptors (Lipinski definition) is 4. The van der Waals surface area contributed by atoms with Gasteiger partial charge in [-0.25, -0.2) is 0 Å². The van der Waals surface area contributed by atoms with Gasteiger partial charge in [0.15, 0.2) is 5.78 Å². The van der Waals surface area contributed by atoms with Crippen molar-refractivity contribution in [3.63, 3.8) is 0 Å². The summed E-state index contributed by atoms with van der Waals surface area (Å²) in [4.78, 5) is 20.1. The minimum atomic E-state index is -0.0351. The minimum Gasteiger partial charge on any atom is -0.352 e. The predicted octanol–water partition coefficient (Wildman–Crippen LogP) is 4.18. The number of pyridine rings is 1. The molecule has 1 unspecified atom stereocenters. The van der Waals surface area contributed by atoms with E-state index in [2.05, 4.69) is 14.3 Å². The molecule has 23 heavy (non-hydrogen) atoms. The number of H-pyrrole nitrogens is 1. The maximum atomic E-state index is 12.8. The number of ketones is 1. The molecule has 1 aromatic carbocycles.